The van der Waals surface area contributed by atoms with Gasteiger partial charge in [-0.2, -0.15) is 0 Å². The summed E-state index contributed by atoms with van der Waals surface area (Å²) in [6.45, 7) is 0. The standard InChI is InChI=1S/C12H16.FH/c1-3-7-11(8-4-1)12-9-5-2-6-10-12;/h1,3-4,7-8,12H,2,5-6,9-10H2;1H. The third-order valence-corrected chi connectivity index (χ3v) is 2.88. The van der Waals surface area contributed by atoms with E-state index in [1.54, 1.807) is 5.56 Å². The highest BCUT2D eigenvalue weighted by Gasteiger charge is 2.14. The van der Waals surface area contributed by atoms with E-state index in [-0.39, 0.29) is 4.70 Å². The molecule has 13 heavy (non-hydrogen) atoms. The first-order valence-corrected chi connectivity index (χ1v) is 5.02. The van der Waals surface area contributed by atoms with E-state index < -0.39 is 0 Å². The Kier molecular flexibility index (Phi) is 3.94. The molecule has 0 radical (unpaired) electrons. The average molecular weight is 180 g/mol. The fourth-order valence-electron chi connectivity index (χ4n) is 2.16. The summed E-state index contributed by atoms with van der Waals surface area (Å²) in [5.41, 5.74) is 1.55. The first-order chi connectivity index (χ1) is 5.97. The van der Waals surface area contributed by atoms with Crippen molar-refractivity contribution in [2.24, 2.45) is 0 Å². The average Bonchev–Trinajstić information content (AvgIpc) is 2.21. The van der Waals surface area contributed by atoms with Crippen LogP contribution >= 0.6 is 0 Å². The minimum absolute atomic E-state index is 0. The zero-order valence-electron chi connectivity index (χ0n) is 7.91. The van der Waals surface area contributed by atoms with Gasteiger partial charge >= 0.3 is 0 Å². The molecule has 1 aliphatic rings. The van der Waals surface area contributed by atoms with Gasteiger partial charge in [0.1, 0.15) is 0 Å². The van der Waals surface area contributed by atoms with Crippen LogP contribution in [0.4, 0.5) is 4.70 Å². The summed E-state index contributed by atoms with van der Waals surface area (Å²) in [6, 6.07) is 11.0. The van der Waals surface area contributed by atoms with Gasteiger partial charge in [-0.15, -0.1) is 0 Å². The number of halogens is 1. The van der Waals surface area contributed by atoms with Crippen LogP contribution in [-0.4, -0.2) is 0 Å². The molecule has 0 amide bonds. The Balaban J connectivity index is 0.000000845. The highest BCUT2D eigenvalue weighted by molar-refractivity contribution is 5.19. The molecule has 0 atom stereocenters. The van der Waals surface area contributed by atoms with Crippen molar-refractivity contribution in [2.75, 3.05) is 0 Å². The van der Waals surface area contributed by atoms with Gasteiger partial charge in [0, 0.05) is 0 Å². The maximum atomic E-state index is 2.27. The van der Waals surface area contributed by atoms with E-state index in [1.807, 2.05) is 0 Å². The molecule has 1 saturated carbocycles. The second-order valence-corrected chi connectivity index (χ2v) is 3.75. The first kappa shape index (κ1) is 10.2. The topological polar surface area (TPSA) is 0 Å². The van der Waals surface area contributed by atoms with Crippen molar-refractivity contribution in [1.82, 2.24) is 0 Å². The third-order valence-electron chi connectivity index (χ3n) is 2.88. The van der Waals surface area contributed by atoms with Crippen LogP contribution in [0.25, 0.3) is 0 Å². The molecule has 0 aliphatic heterocycles. The lowest BCUT2D eigenvalue weighted by atomic mass is 9.84. The molecular formula is C12H17F. The highest BCUT2D eigenvalue weighted by atomic mass is 19.0. The lowest BCUT2D eigenvalue weighted by molar-refractivity contribution is 0.443. The van der Waals surface area contributed by atoms with Crippen molar-refractivity contribution in [3.05, 3.63) is 35.9 Å². The van der Waals surface area contributed by atoms with Crippen LogP contribution in [0.15, 0.2) is 30.3 Å². The zero-order valence-corrected chi connectivity index (χ0v) is 7.91. The Hall–Kier alpha value is -0.850. The summed E-state index contributed by atoms with van der Waals surface area (Å²) in [4.78, 5) is 0. The molecule has 0 bridgehead atoms. The normalized spacial score (nSPS) is 17.8. The molecule has 72 valence electrons. The fourth-order valence-corrected chi connectivity index (χ4v) is 2.16. The maximum absolute atomic E-state index is 2.27. The van der Waals surface area contributed by atoms with Crippen molar-refractivity contribution in [3.8, 4) is 0 Å². The van der Waals surface area contributed by atoms with Crippen molar-refractivity contribution in [3.63, 3.8) is 0 Å². The number of rotatable bonds is 1. The van der Waals surface area contributed by atoms with Crippen molar-refractivity contribution >= 4 is 0 Å². The molecule has 0 nitrogen and oxygen atoms in total. The molecule has 1 heteroatoms. The second-order valence-electron chi connectivity index (χ2n) is 3.75. The van der Waals surface area contributed by atoms with E-state index in [1.165, 1.54) is 32.1 Å². The van der Waals surface area contributed by atoms with E-state index in [2.05, 4.69) is 30.3 Å². The van der Waals surface area contributed by atoms with Gasteiger partial charge in [-0.1, -0.05) is 49.6 Å². The number of hydrogen-bond donors (Lipinski definition) is 0. The summed E-state index contributed by atoms with van der Waals surface area (Å²) >= 11 is 0. The fraction of sp³-hybridized carbons (Fsp3) is 0.500. The lowest BCUT2D eigenvalue weighted by Gasteiger charge is -2.21. The molecule has 0 saturated heterocycles. The first-order valence-electron chi connectivity index (χ1n) is 5.02. The van der Waals surface area contributed by atoms with Crippen molar-refractivity contribution < 1.29 is 4.70 Å². The Morgan fingerprint density at radius 2 is 1.46 bits per heavy atom. The molecule has 0 spiro atoms. The van der Waals surface area contributed by atoms with Crippen molar-refractivity contribution in [2.45, 2.75) is 38.0 Å². The van der Waals surface area contributed by atoms with Gasteiger partial charge in [-0.3, -0.25) is 4.70 Å². The quantitative estimate of drug-likeness (QED) is 0.615. The number of hydrogen-bond acceptors (Lipinski definition) is 0. The molecule has 0 unspecified atom stereocenters. The van der Waals surface area contributed by atoms with E-state index in [4.69, 9.17) is 0 Å². The van der Waals surface area contributed by atoms with E-state index >= 15 is 0 Å². The predicted octanol–water partition coefficient (Wildman–Crippen LogP) is 3.89. The minimum atomic E-state index is 0. The minimum Gasteiger partial charge on any atom is -0.269 e. The van der Waals surface area contributed by atoms with Gasteiger partial charge in [0.2, 0.25) is 0 Å². The van der Waals surface area contributed by atoms with Crippen molar-refractivity contribution in [1.29, 1.82) is 0 Å². The van der Waals surface area contributed by atoms with Crippen LogP contribution in [0.5, 0.6) is 0 Å². The Bertz CT molecular complexity index is 224. The molecule has 1 fully saturated rings. The van der Waals surface area contributed by atoms with Gasteiger partial charge in [0.15, 0.2) is 0 Å². The van der Waals surface area contributed by atoms with Gasteiger partial charge in [0.05, 0.1) is 0 Å². The molecular weight excluding hydrogens is 163 g/mol. The SMILES string of the molecule is F.c1ccc(C2CCCCC2)cc1. The summed E-state index contributed by atoms with van der Waals surface area (Å²) in [5.74, 6) is 0.861. The van der Waals surface area contributed by atoms with E-state index in [0.29, 0.717) is 0 Å². The lowest BCUT2D eigenvalue weighted by Crippen LogP contribution is -2.03. The van der Waals surface area contributed by atoms with Crippen LogP contribution in [0.1, 0.15) is 43.6 Å². The van der Waals surface area contributed by atoms with Crippen LogP contribution < -0.4 is 0 Å². The van der Waals surface area contributed by atoms with Crippen LogP contribution in [0.3, 0.4) is 0 Å². The Labute approximate surface area is 79.3 Å². The van der Waals surface area contributed by atoms with Gasteiger partial charge < -0.3 is 0 Å². The molecule has 2 rings (SSSR count). The maximum Gasteiger partial charge on any atom is -0.0162 e. The summed E-state index contributed by atoms with van der Waals surface area (Å²) < 4.78 is 0. The summed E-state index contributed by atoms with van der Waals surface area (Å²) in [7, 11) is 0. The monoisotopic (exact) mass is 180 g/mol. The molecule has 0 heterocycles. The van der Waals surface area contributed by atoms with Gasteiger partial charge in [-0.25, -0.2) is 0 Å². The van der Waals surface area contributed by atoms with Crippen LogP contribution in [0.2, 0.25) is 0 Å². The van der Waals surface area contributed by atoms with E-state index in [9.17, 15) is 0 Å². The Morgan fingerprint density at radius 3 is 2.08 bits per heavy atom. The number of benzene rings is 1. The smallest absolute Gasteiger partial charge is 0.0162 e. The Morgan fingerprint density at radius 1 is 0.846 bits per heavy atom. The molecule has 1 aromatic carbocycles. The predicted molar refractivity (Wildman–Crippen MR) is 54.8 cm³/mol. The van der Waals surface area contributed by atoms with E-state index in [0.717, 1.165) is 5.92 Å². The van der Waals surface area contributed by atoms with Crippen LogP contribution in [0, 0.1) is 0 Å². The molecule has 0 aromatic heterocycles. The second kappa shape index (κ2) is 5.00. The highest BCUT2D eigenvalue weighted by Crippen LogP contribution is 2.31. The van der Waals surface area contributed by atoms with Gasteiger partial charge in [-0.05, 0) is 24.3 Å². The van der Waals surface area contributed by atoms with Gasteiger partial charge in [0.25, 0.3) is 0 Å². The molecule has 1 aliphatic carbocycles. The summed E-state index contributed by atoms with van der Waals surface area (Å²) in [5, 5.41) is 0. The third kappa shape index (κ3) is 2.55. The molecule has 0 N–H and O–H groups in total. The summed E-state index contributed by atoms with van der Waals surface area (Å²) in [6.07, 6.45) is 7.12. The zero-order chi connectivity index (χ0) is 8.23. The van der Waals surface area contributed by atoms with Crippen LogP contribution in [-0.2, 0) is 0 Å². The largest absolute Gasteiger partial charge is 0.269 e. The molecule has 1 aromatic rings.